The van der Waals surface area contributed by atoms with Crippen LogP contribution in [0.5, 0.6) is 5.88 Å². The molecule has 0 unspecified atom stereocenters. The molecule has 7 heteroatoms. The highest BCUT2D eigenvalue weighted by atomic mass is 35.5. The molecule has 24 heavy (non-hydrogen) atoms. The lowest BCUT2D eigenvalue weighted by Crippen LogP contribution is -2.11. The highest BCUT2D eigenvalue weighted by molar-refractivity contribution is 7.89. The van der Waals surface area contributed by atoms with Gasteiger partial charge in [-0.1, -0.05) is 23.7 Å². The average molecular weight is 365 g/mol. The van der Waals surface area contributed by atoms with Gasteiger partial charge in [0, 0.05) is 6.20 Å². The highest BCUT2D eigenvalue weighted by Gasteiger charge is 2.19. The van der Waals surface area contributed by atoms with Crippen molar-refractivity contribution in [1.29, 1.82) is 0 Å². The number of sulfonamides is 1. The number of nitrogens with zero attached hydrogens (tertiary/aromatic N) is 1. The van der Waals surface area contributed by atoms with Gasteiger partial charge in [-0.3, -0.25) is 0 Å². The van der Waals surface area contributed by atoms with Gasteiger partial charge in [0.2, 0.25) is 15.9 Å². The minimum absolute atomic E-state index is 0.112. The predicted molar refractivity (Wildman–Crippen MR) is 94.3 cm³/mol. The Morgan fingerprint density at radius 2 is 1.75 bits per heavy atom. The molecular weight excluding hydrogens is 348 g/mol. The van der Waals surface area contributed by atoms with E-state index in [1.54, 1.807) is 18.3 Å². The van der Waals surface area contributed by atoms with Crippen LogP contribution in [-0.4, -0.2) is 20.5 Å². The lowest BCUT2D eigenvalue weighted by atomic mass is 9.98. The number of pyridine rings is 1. The smallest absolute Gasteiger partial charge is 0.238 e. The number of allylic oxidation sites excluding steroid dienone is 2. The summed E-state index contributed by atoms with van der Waals surface area (Å²) >= 11 is 6.18. The first-order chi connectivity index (χ1) is 11.4. The van der Waals surface area contributed by atoms with Crippen molar-refractivity contribution in [2.24, 2.45) is 5.14 Å². The first-order valence-corrected chi connectivity index (χ1v) is 9.38. The Morgan fingerprint density at radius 3 is 2.29 bits per heavy atom. The van der Waals surface area contributed by atoms with Crippen molar-refractivity contribution >= 4 is 32.8 Å². The van der Waals surface area contributed by atoms with Crippen LogP contribution < -0.4 is 9.88 Å². The number of benzene rings is 1. The van der Waals surface area contributed by atoms with Crippen molar-refractivity contribution < 1.29 is 13.2 Å². The molecule has 1 aromatic carbocycles. The van der Waals surface area contributed by atoms with E-state index in [9.17, 15) is 8.42 Å². The predicted octanol–water partition coefficient (Wildman–Crippen LogP) is 3.49. The molecule has 0 saturated carbocycles. The largest absolute Gasteiger partial charge is 0.480 e. The van der Waals surface area contributed by atoms with Crippen molar-refractivity contribution in [2.75, 3.05) is 7.11 Å². The summed E-state index contributed by atoms with van der Waals surface area (Å²) in [5, 5.41) is 5.62. The number of hydrogen-bond acceptors (Lipinski definition) is 4. The number of hydrogen-bond donors (Lipinski definition) is 1. The van der Waals surface area contributed by atoms with Crippen LogP contribution in [0, 0.1) is 0 Å². The van der Waals surface area contributed by atoms with Crippen molar-refractivity contribution in [1.82, 2.24) is 4.98 Å². The van der Waals surface area contributed by atoms with Crippen LogP contribution in [-0.2, 0) is 10.0 Å². The lowest BCUT2D eigenvalue weighted by Gasteiger charge is -2.10. The van der Waals surface area contributed by atoms with Gasteiger partial charge in [-0.2, -0.15) is 0 Å². The van der Waals surface area contributed by atoms with Gasteiger partial charge in [0.25, 0.3) is 0 Å². The summed E-state index contributed by atoms with van der Waals surface area (Å²) in [5.41, 5.74) is 4.31. The number of rotatable bonds is 4. The molecule has 126 valence electrons. The zero-order valence-electron chi connectivity index (χ0n) is 13.1. The number of methoxy groups -OCH3 is 1. The number of halogens is 1. The summed E-state index contributed by atoms with van der Waals surface area (Å²) in [5.74, 6) is 0.401. The summed E-state index contributed by atoms with van der Waals surface area (Å²) in [6.45, 7) is 0. The SMILES string of the molecule is COc1ncc(C2=C(c3ccc(S(N)(=O)=O)cc3)CCC2)cc1Cl. The second-order valence-corrected chi connectivity index (χ2v) is 7.56. The molecule has 1 aliphatic carbocycles. The molecule has 5 nitrogen and oxygen atoms in total. The number of aromatic nitrogens is 1. The van der Waals surface area contributed by atoms with Crippen LogP contribution in [0.2, 0.25) is 5.02 Å². The molecule has 0 atom stereocenters. The van der Waals surface area contributed by atoms with Crippen LogP contribution in [0.3, 0.4) is 0 Å². The standard InChI is InChI=1S/C17H17ClN2O3S/c1-23-17-16(18)9-12(10-20-17)15-4-2-3-14(15)11-5-7-13(8-6-11)24(19,21)22/h5-10H,2-4H2,1H3,(H2,19,21,22). The summed E-state index contributed by atoms with van der Waals surface area (Å²) < 4.78 is 27.9. The monoisotopic (exact) mass is 364 g/mol. The average Bonchev–Trinajstić information content (AvgIpc) is 3.03. The molecule has 0 saturated heterocycles. The molecule has 0 spiro atoms. The maximum absolute atomic E-state index is 11.4. The van der Waals surface area contributed by atoms with Gasteiger partial charge >= 0.3 is 0 Å². The van der Waals surface area contributed by atoms with E-state index in [2.05, 4.69) is 4.98 Å². The Hall–Kier alpha value is -1.89. The van der Waals surface area contributed by atoms with E-state index in [0.717, 1.165) is 30.4 Å². The van der Waals surface area contributed by atoms with Crippen molar-refractivity contribution in [2.45, 2.75) is 24.2 Å². The third kappa shape index (κ3) is 3.31. The minimum Gasteiger partial charge on any atom is -0.480 e. The van der Waals surface area contributed by atoms with Gasteiger partial charge in [-0.05, 0) is 59.7 Å². The number of nitrogens with two attached hydrogens (primary N) is 1. The third-order valence-corrected chi connectivity index (χ3v) is 5.30. The van der Waals surface area contributed by atoms with Gasteiger partial charge in [0.15, 0.2) is 0 Å². The molecule has 1 heterocycles. The molecule has 0 aliphatic heterocycles. The molecule has 0 fully saturated rings. The first kappa shape index (κ1) is 17.0. The molecule has 1 aromatic heterocycles. The summed E-state index contributed by atoms with van der Waals surface area (Å²) in [7, 11) is -2.15. The molecular formula is C17H17ClN2O3S. The Morgan fingerprint density at radius 1 is 1.12 bits per heavy atom. The fourth-order valence-electron chi connectivity index (χ4n) is 2.97. The second-order valence-electron chi connectivity index (χ2n) is 5.60. The van der Waals surface area contributed by atoms with E-state index in [-0.39, 0.29) is 4.90 Å². The van der Waals surface area contributed by atoms with Crippen LogP contribution in [0.25, 0.3) is 11.1 Å². The van der Waals surface area contributed by atoms with Gasteiger partial charge in [-0.15, -0.1) is 0 Å². The summed E-state index contributed by atoms with van der Waals surface area (Å²) in [4.78, 5) is 4.34. The van der Waals surface area contributed by atoms with Crippen molar-refractivity contribution in [3.05, 3.63) is 52.7 Å². The molecule has 0 bridgehead atoms. The van der Waals surface area contributed by atoms with E-state index in [1.165, 1.54) is 30.4 Å². The zero-order chi connectivity index (χ0) is 17.3. The Kier molecular flexibility index (Phi) is 4.62. The van der Waals surface area contributed by atoms with Crippen molar-refractivity contribution in [3.63, 3.8) is 0 Å². The maximum Gasteiger partial charge on any atom is 0.238 e. The fourth-order valence-corrected chi connectivity index (χ4v) is 3.73. The van der Waals surface area contributed by atoms with Crippen LogP contribution in [0.4, 0.5) is 0 Å². The van der Waals surface area contributed by atoms with E-state index in [1.807, 2.05) is 6.07 Å². The molecule has 2 aromatic rings. The second kappa shape index (κ2) is 6.55. The highest BCUT2D eigenvalue weighted by Crippen LogP contribution is 2.40. The number of primary sulfonamides is 1. The van der Waals surface area contributed by atoms with Gasteiger partial charge < -0.3 is 4.74 Å². The van der Waals surface area contributed by atoms with Gasteiger partial charge in [0.05, 0.1) is 12.0 Å². The normalized spacial score (nSPS) is 15.0. The van der Waals surface area contributed by atoms with E-state index >= 15 is 0 Å². The number of ether oxygens (including phenoxy) is 1. The topological polar surface area (TPSA) is 82.3 Å². The van der Waals surface area contributed by atoms with Crippen LogP contribution in [0.15, 0.2) is 41.4 Å². The molecule has 1 aliphatic rings. The van der Waals surface area contributed by atoms with Gasteiger partial charge in [-0.25, -0.2) is 18.5 Å². The molecule has 0 amide bonds. The Labute approximate surface area is 146 Å². The quantitative estimate of drug-likeness (QED) is 0.900. The van der Waals surface area contributed by atoms with E-state index in [0.29, 0.717) is 10.9 Å². The summed E-state index contributed by atoms with van der Waals surface area (Å²) in [6, 6.07) is 8.50. The Balaban J connectivity index is 2.02. The first-order valence-electron chi connectivity index (χ1n) is 7.45. The van der Waals surface area contributed by atoms with E-state index < -0.39 is 10.0 Å². The van der Waals surface area contributed by atoms with Crippen LogP contribution >= 0.6 is 11.6 Å². The van der Waals surface area contributed by atoms with Crippen LogP contribution in [0.1, 0.15) is 30.4 Å². The lowest BCUT2D eigenvalue weighted by molar-refractivity contribution is 0.398. The summed E-state index contributed by atoms with van der Waals surface area (Å²) in [6.07, 6.45) is 4.64. The molecule has 0 radical (unpaired) electrons. The van der Waals surface area contributed by atoms with Gasteiger partial charge in [0.1, 0.15) is 5.02 Å². The maximum atomic E-state index is 11.4. The van der Waals surface area contributed by atoms with E-state index in [4.69, 9.17) is 21.5 Å². The minimum atomic E-state index is -3.68. The molecule has 2 N–H and O–H groups in total. The van der Waals surface area contributed by atoms with Crippen molar-refractivity contribution in [3.8, 4) is 5.88 Å². The zero-order valence-corrected chi connectivity index (χ0v) is 14.7. The molecule has 3 rings (SSSR count). The Bertz CT molecular complexity index is 906. The fraction of sp³-hybridized carbons (Fsp3) is 0.235. The third-order valence-electron chi connectivity index (χ3n) is 4.10.